The first kappa shape index (κ1) is 84.8. The van der Waals surface area contributed by atoms with E-state index in [0.717, 1.165) is 32.1 Å². The second-order valence-corrected chi connectivity index (χ2v) is 28.0. The molecule has 3 N–H and O–H groups in total. The Morgan fingerprint density at radius 2 is 0.570 bits per heavy atom. The molecule has 0 aliphatic rings. The first-order chi connectivity index (χ1) is 42.3. The molecule has 0 aliphatic carbocycles. The van der Waals surface area contributed by atoms with Crippen LogP contribution in [0.1, 0.15) is 431 Å². The van der Waals surface area contributed by atoms with Crippen molar-refractivity contribution in [1.29, 1.82) is 0 Å². The van der Waals surface area contributed by atoms with Crippen LogP contribution in [-0.4, -0.2) is 49.3 Å². The van der Waals surface area contributed by atoms with E-state index < -0.39 is 26.5 Å². The Morgan fingerprint density at radius 1 is 0.337 bits per heavy atom. The summed E-state index contributed by atoms with van der Waals surface area (Å²) in [6, 6.07) is 0. The van der Waals surface area contributed by atoms with Crippen molar-refractivity contribution in [3.8, 4) is 0 Å². The highest BCUT2D eigenvalue weighted by molar-refractivity contribution is 7.47. The molecule has 512 valence electrons. The fourth-order valence-electron chi connectivity index (χ4n) is 12.2. The number of phosphoric ester groups is 1. The van der Waals surface area contributed by atoms with Crippen molar-refractivity contribution in [1.82, 2.24) is 0 Å². The van der Waals surface area contributed by atoms with Crippen LogP contribution < -0.4 is 5.73 Å². The minimum atomic E-state index is -4.39. The summed E-state index contributed by atoms with van der Waals surface area (Å²) >= 11 is 0. The van der Waals surface area contributed by atoms with Crippen molar-refractivity contribution in [3.63, 3.8) is 0 Å². The number of unbranched alkanes of at least 4 members (excludes halogenated alkanes) is 60. The predicted molar refractivity (Wildman–Crippen MR) is 372 cm³/mol. The van der Waals surface area contributed by atoms with Crippen LogP contribution in [0.15, 0.2) is 12.2 Å². The van der Waals surface area contributed by atoms with Gasteiger partial charge in [-0.25, -0.2) is 4.57 Å². The predicted octanol–water partition coefficient (Wildman–Crippen LogP) is 25.5. The number of ether oxygens (including phenoxy) is 2. The van der Waals surface area contributed by atoms with Crippen molar-refractivity contribution >= 4 is 19.8 Å². The van der Waals surface area contributed by atoms with Crippen molar-refractivity contribution in [2.24, 2.45) is 5.73 Å². The van der Waals surface area contributed by atoms with Crippen LogP contribution in [0.2, 0.25) is 0 Å². The molecule has 0 aromatic heterocycles. The number of nitrogens with two attached hydrogens (primary N) is 1. The zero-order valence-corrected chi connectivity index (χ0v) is 58.7. The highest BCUT2D eigenvalue weighted by Gasteiger charge is 2.26. The maximum atomic E-state index is 12.8. The van der Waals surface area contributed by atoms with Crippen molar-refractivity contribution < 1.29 is 37.6 Å². The molecule has 9 nitrogen and oxygen atoms in total. The minimum Gasteiger partial charge on any atom is -0.462 e. The largest absolute Gasteiger partial charge is 0.472 e. The van der Waals surface area contributed by atoms with Crippen molar-refractivity contribution in [2.75, 3.05) is 26.4 Å². The van der Waals surface area contributed by atoms with Crippen molar-refractivity contribution in [2.45, 2.75) is 437 Å². The Kier molecular flexibility index (Phi) is 71.8. The van der Waals surface area contributed by atoms with Crippen LogP contribution in [0.3, 0.4) is 0 Å². The van der Waals surface area contributed by atoms with Gasteiger partial charge in [0.25, 0.3) is 0 Å². The molecular weight excluding hydrogens is 1090 g/mol. The maximum absolute atomic E-state index is 12.8. The highest BCUT2D eigenvalue weighted by atomic mass is 31.2. The Balaban J connectivity index is 3.75. The lowest BCUT2D eigenvalue weighted by atomic mass is 10.0. The SMILES string of the molecule is CCCCCCCCCC/C=C\CCCCCCCCCCCCCCCCCCCCCCCC(=O)OC(COC(=O)CCCCCCCCCCCCCCCCCCCCCCCCCCCCCCCCCC)COP(=O)(O)OCCN. The number of rotatable bonds is 75. The summed E-state index contributed by atoms with van der Waals surface area (Å²) in [6.45, 7) is 3.85. The molecule has 0 spiro atoms. The summed E-state index contributed by atoms with van der Waals surface area (Å²) in [5, 5.41) is 0. The molecule has 0 aromatic rings. The van der Waals surface area contributed by atoms with E-state index in [9.17, 15) is 19.0 Å². The first-order valence-corrected chi connectivity index (χ1v) is 40.2. The van der Waals surface area contributed by atoms with E-state index in [4.69, 9.17) is 24.3 Å². The van der Waals surface area contributed by atoms with Crippen LogP contribution in [0, 0.1) is 0 Å². The van der Waals surface area contributed by atoms with Gasteiger partial charge in [-0.3, -0.25) is 18.6 Å². The number of hydrogen-bond acceptors (Lipinski definition) is 8. The number of hydrogen-bond donors (Lipinski definition) is 2. The molecular formula is C76H150NO8P. The minimum absolute atomic E-state index is 0.0581. The van der Waals surface area contributed by atoms with Crippen LogP contribution in [0.25, 0.3) is 0 Å². The highest BCUT2D eigenvalue weighted by Crippen LogP contribution is 2.43. The summed E-state index contributed by atoms with van der Waals surface area (Å²) in [4.78, 5) is 35.4. The summed E-state index contributed by atoms with van der Waals surface area (Å²) in [5.74, 6) is -0.797. The fourth-order valence-corrected chi connectivity index (χ4v) is 12.9. The molecule has 0 rings (SSSR count). The van der Waals surface area contributed by atoms with Gasteiger partial charge in [-0.1, -0.05) is 392 Å². The fraction of sp³-hybridized carbons (Fsp3) is 0.947. The number of esters is 2. The van der Waals surface area contributed by atoms with Gasteiger partial charge in [0.15, 0.2) is 6.10 Å². The molecule has 0 radical (unpaired) electrons. The Hall–Kier alpha value is -1.25. The second kappa shape index (κ2) is 72.8. The molecule has 0 bridgehead atoms. The molecule has 10 heteroatoms. The summed E-state index contributed by atoms with van der Waals surface area (Å²) < 4.78 is 33.3. The third kappa shape index (κ3) is 71.8. The lowest BCUT2D eigenvalue weighted by molar-refractivity contribution is -0.161. The van der Waals surface area contributed by atoms with E-state index in [-0.39, 0.29) is 38.6 Å². The Labute approximate surface area is 536 Å². The average molecular weight is 1240 g/mol. The van der Waals surface area contributed by atoms with Crippen molar-refractivity contribution in [3.05, 3.63) is 12.2 Å². The summed E-state index contributed by atoms with van der Waals surface area (Å²) in [6.07, 6.45) is 89.2. The van der Waals surface area contributed by atoms with Gasteiger partial charge in [0.05, 0.1) is 13.2 Å². The topological polar surface area (TPSA) is 134 Å². The molecule has 0 aromatic carbocycles. The molecule has 2 atom stereocenters. The Bertz CT molecular complexity index is 1410. The van der Waals surface area contributed by atoms with E-state index in [1.54, 1.807) is 0 Å². The van der Waals surface area contributed by atoms with Gasteiger partial charge in [0.1, 0.15) is 6.61 Å². The zero-order chi connectivity index (χ0) is 62.3. The zero-order valence-electron chi connectivity index (χ0n) is 57.9. The third-order valence-electron chi connectivity index (χ3n) is 17.9. The normalized spacial score (nSPS) is 12.8. The summed E-state index contributed by atoms with van der Waals surface area (Å²) in [5.41, 5.74) is 5.41. The van der Waals surface area contributed by atoms with Gasteiger partial charge in [-0.05, 0) is 38.5 Å². The number of allylic oxidation sites excluding steroid dienone is 2. The number of carbonyl (C=O) groups excluding carboxylic acids is 2. The van der Waals surface area contributed by atoms with Gasteiger partial charge in [-0.15, -0.1) is 0 Å². The molecule has 0 saturated heterocycles. The molecule has 0 heterocycles. The quantitative estimate of drug-likeness (QED) is 0.0264. The number of carbonyl (C=O) groups is 2. The van der Waals surface area contributed by atoms with E-state index in [1.807, 2.05) is 0 Å². The van der Waals surface area contributed by atoms with Crippen LogP contribution >= 0.6 is 7.82 Å². The molecule has 2 unspecified atom stereocenters. The van der Waals surface area contributed by atoms with E-state index >= 15 is 0 Å². The third-order valence-corrected chi connectivity index (χ3v) is 18.9. The molecule has 0 amide bonds. The lowest BCUT2D eigenvalue weighted by Crippen LogP contribution is -2.29. The summed E-state index contributed by atoms with van der Waals surface area (Å²) in [7, 11) is -4.39. The van der Waals surface area contributed by atoms with Gasteiger partial charge in [0, 0.05) is 19.4 Å². The van der Waals surface area contributed by atoms with Gasteiger partial charge in [-0.2, -0.15) is 0 Å². The molecule has 0 aliphatic heterocycles. The van der Waals surface area contributed by atoms with Crippen LogP contribution in [-0.2, 0) is 32.7 Å². The maximum Gasteiger partial charge on any atom is 0.472 e. The van der Waals surface area contributed by atoms with E-state index in [2.05, 4.69) is 26.0 Å². The standard InChI is InChI=1S/C76H150NO8P/c1-3-5-7-9-11-13-15-17-19-21-23-25-27-29-31-33-35-37-39-41-43-45-47-49-51-53-55-57-59-61-63-65-67-69-76(79)85-74(73-84-86(80,81)83-71-70-77)72-82-75(78)68-66-64-62-60-58-56-54-52-50-48-46-44-42-40-38-36-34-32-30-28-26-24-22-20-18-16-14-12-10-8-6-4-2/h21,23,74H,3-20,22,24-73,77H2,1-2H3,(H,80,81)/b23-21-. The van der Waals surface area contributed by atoms with Gasteiger partial charge < -0.3 is 20.1 Å². The second-order valence-electron chi connectivity index (χ2n) is 26.6. The molecule has 0 fully saturated rings. The van der Waals surface area contributed by atoms with Crippen LogP contribution in [0.4, 0.5) is 0 Å². The van der Waals surface area contributed by atoms with E-state index in [1.165, 1.54) is 366 Å². The smallest absolute Gasteiger partial charge is 0.462 e. The van der Waals surface area contributed by atoms with Gasteiger partial charge in [0.2, 0.25) is 0 Å². The van der Waals surface area contributed by atoms with Gasteiger partial charge >= 0.3 is 19.8 Å². The van der Waals surface area contributed by atoms with E-state index in [0.29, 0.717) is 6.42 Å². The molecule has 86 heavy (non-hydrogen) atoms. The number of phosphoric acid groups is 1. The molecule has 0 saturated carbocycles. The van der Waals surface area contributed by atoms with Crippen LogP contribution in [0.5, 0.6) is 0 Å². The average Bonchev–Trinajstić information content (AvgIpc) is 3.58. The lowest BCUT2D eigenvalue weighted by Gasteiger charge is -2.19. The first-order valence-electron chi connectivity index (χ1n) is 38.7. The Morgan fingerprint density at radius 3 is 0.826 bits per heavy atom. The monoisotopic (exact) mass is 1240 g/mol.